The Morgan fingerprint density at radius 2 is 2.00 bits per heavy atom. The molecule has 1 aromatic carbocycles. The van der Waals surface area contributed by atoms with E-state index < -0.39 is 0 Å². The van der Waals surface area contributed by atoms with E-state index in [0.29, 0.717) is 49.1 Å². The fourth-order valence-electron chi connectivity index (χ4n) is 2.19. The first-order valence-corrected chi connectivity index (χ1v) is 7.22. The lowest BCUT2D eigenvalue weighted by molar-refractivity contribution is 0.171. The number of aromatic nitrogens is 3. The molecule has 6 nitrogen and oxygen atoms in total. The first-order chi connectivity index (χ1) is 10.3. The third-order valence-electron chi connectivity index (χ3n) is 3.22. The number of fused-ring (bicyclic) bond motifs is 1. The molecule has 1 aliphatic heterocycles. The van der Waals surface area contributed by atoms with Gasteiger partial charge < -0.3 is 14.6 Å². The average molecular weight is 310 g/mol. The second-order valence-electron chi connectivity index (χ2n) is 4.82. The minimum absolute atomic E-state index is 0.154. The molecular formula is C14H16ClN3O3. The van der Waals surface area contributed by atoms with Crippen LogP contribution in [0.3, 0.4) is 0 Å². The van der Waals surface area contributed by atoms with Gasteiger partial charge in [0.2, 0.25) is 0 Å². The van der Waals surface area contributed by atoms with Crippen LogP contribution in [0.5, 0.6) is 11.5 Å². The predicted octanol–water partition coefficient (Wildman–Crippen LogP) is 1.68. The second-order valence-corrected chi connectivity index (χ2v) is 5.23. The van der Waals surface area contributed by atoms with Gasteiger partial charge >= 0.3 is 0 Å². The molecule has 112 valence electrons. The minimum atomic E-state index is 0.154. The standard InChI is InChI=1S/C14H16ClN3O3/c15-12-7-14-13(20-4-5-21-14)6-10(12)8-18-9-11(16-17-18)2-1-3-19/h6-7,9,19H,1-5,8H2. The Bertz CT molecular complexity index is 630. The normalized spacial score (nSPS) is 13.4. The van der Waals surface area contributed by atoms with Crippen molar-refractivity contribution < 1.29 is 14.6 Å². The van der Waals surface area contributed by atoms with Crippen molar-refractivity contribution in [3.63, 3.8) is 0 Å². The van der Waals surface area contributed by atoms with E-state index in [1.807, 2.05) is 12.3 Å². The quantitative estimate of drug-likeness (QED) is 0.910. The molecule has 1 aromatic heterocycles. The number of aliphatic hydroxyl groups excluding tert-OH is 1. The highest BCUT2D eigenvalue weighted by molar-refractivity contribution is 6.31. The van der Waals surface area contributed by atoms with Crippen LogP contribution in [-0.2, 0) is 13.0 Å². The van der Waals surface area contributed by atoms with E-state index in [-0.39, 0.29) is 6.61 Å². The Hall–Kier alpha value is -1.79. The molecule has 0 radical (unpaired) electrons. The number of aliphatic hydroxyl groups is 1. The van der Waals surface area contributed by atoms with E-state index in [9.17, 15) is 0 Å². The summed E-state index contributed by atoms with van der Waals surface area (Å²) in [7, 11) is 0. The van der Waals surface area contributed by atoms with Gasteiger partial charge in [-0.3, -0.25) is 0 Å². The van der Waals surface area contributed by atoms with Crippen molar-refractivity contribution in [3.05, 3.63) is 34.6 Å². The number of hydrogen-bond acceptors (Lipinski definition) is 5. The molecule has 1 aliphatic rings. The topological polar surface area (TPSA) is 69.4 Å². The smallest absolute Gasteiger partial charge is 0.162 e. The summed E-state index contributed by atoms with van der Waals surface area (Å²) in [5.41, 5.74) is 1.76. The SMILES string of the molecule is OCCCc1cn(Cc2cc3c(cc2Cl)OCCO3)nn1. The molecule has 0 spiro atoms. The van der Waals surface area contributed by atoms with E-state index in [0.717, 1.165) is 11.3 Å². The lowest BCUT2D eigenvalue weighted by atomic mass is 10.2. The molecular weight excluding hydrogens is 294 g/mol. The van der Waals surface area contributed by atoms with Crippen LogP contribution in [0.2, 0.25) is 5.02 Å². The highest BCUT2D eigenvalue weighted by Gasteiger charge is 2.15. The molecule has 0 saturated heterocycles. The molecule has 0 saturated carbocycles. The first kappa shape index (κ1) is 14.2. The molecule has 1 N–H and O–H groups in total. The monoisotopic (exact) mass is 309 g/mol. The van der Waals surface area contributed by atoms with Gasteiger partial charge in [0, 0.05) is 23.9 Å². The van der Waals surface area contributed by atoms with Crippen molar-refractivity contribution in [1.82, 2.24) is 15.0 Å². The van der Waals surface area contributed by atoms with Crippen molar-refractivity contribution in [2.75, 3.05) is 19.8 Å². The summed E-state index contributed by atoms with van der Waals surface area (Å²) in [5.74, 6) is 1.39. The summed E-state index contributed by atoms with van der Waals surface area (Å²) < 4.78 is 12.8. The largest absolute Gasteiger partial charge is 0.486 e. The van der Waals surface area contributed by atoms with Gasteiger partial charge in [-0.15, -0.1) is 5.10 Å². The van der Waals surface area contributed by atoms with Crippen LogP contribution >= 0.6 is 11.6 Å². The third kappa shape index (κ3) is 3.28. The van der Waals surface area contributed by atoms with Crippen molar-refractivity contribution >= 4 is 11.6 Å². The minimum Gasteiger partial charge on any atom is -0.486 e. The fraction of sp³-hybridized carbons (Fsp3) is 0.429. The average Bonchev–Trinajstić information content (AvgIpc) is 2.93. The number of benzene rings is 1. The van der Waals surface area contributed by atoms with Crippen LogP contribution in [0.4, 0.5) is 0 Å². The molecule has 0 atom stereocenters. The maximum absolute atomic E-state index is 8.82. The van der Waals surface area contributed by atoms with Crippen molar-refractivity contribution in [2.24, 2.45) is 0 Å². The highest BCUT2D eigenvalue weighted by atomic mass is 35.5. The molecule has 2 aromatic rings. The highest BCUT2D eigenvalue weighted by Crippen LogP contribution is 2.35. The molecule has 3 rings (SSSR count). The van der Waals surface area contributed by atoms with Gasteiger partial charge in [-0.05, 0) is 24.5 Å². The van der Waals surface area contributed by atoms with E-state index in [2.05, 4.69) is 10.3 Å². The molecule has 0 aliphatic carbocycles. The molecule has 0 fully saturated rings. The fourth-order valence-corrected chi connectivity index (χ4v) is 2.41. The van der Waals surface area contributed by atoms with Crippen molar-refractivity contribution in [2.45, 2.75) is 19.4 Å². The molecule has 0 bridgehead atoms. The maximum atomic E-state index is 8.82. The van der Waals surface area contributed by atoms with Crippen molar-refractivity contribution in [1.29, 1.82) is 0 Å². The van der Waals surface area contributed by atoms with Gasteiger partial charge in [0.1, 0.15) is 13.2 Å². The van der Waals surface area contributed by atoms with Crippen LogP contribution in [0.1, 0.15) is 17.7 Å². The summed E-state index contributed by atoms with van der Waals surface area (Å²) in [6.45, 7) is 1.76. The van der Waals surface area contributed by atoms with E-state index in [1.54, 1.807) is 10.7 Å². The van der Waals surface area contributed by atoms with E-state index >= 15 is 0 Å². The number of ether oxygens (including phenoxy) is 2. The molecule has 7 heteroatoms. The number of nitrogens with zero attached hydrogens (tertiary/aromatic N) is 3. The lowest BCUT2D eigenvalue weighted by Crippen LogP contribution is -2.15. The lowest BCUT2D eigenvalue weighted by Gasteiger charge is -2.19. The Balaban J connectivity index is 1.76. The Kier molecular flexibility index (Phi) is 4.26. The summed E-state index contributed by atoms with van der Waals surface area (Å²) in [5, 5.41) is 17.6. The second kappa shape index (κ2) is 6.32. The number of aryl methyl sites for hydroxylation is 1. The first-order valence-electron chi connectivity index (χ1n) is 6.84. The molecule has 0 unspecified atom stereocenters. The summed E-state index contributed by atoms with van der Waals surface area (Å²) in [4.78, 5) is 0. The van der Waals surface area contributed by atoms with Gasteiger partial charge in [0.25, 0.3) is 0 Å². The van der Waals surface area contributed by atoms with Gasteiger partial charge in [0.05, 0.1) is 12.2 Å². The van der Waals surface area contributed by atoms with Crippen LogP contribution in [-0.4, -0.2) is 39.9 Å². The van der Waals surface area contributed by atoms with Crippen LogP contribution in [0, 0.1) is 0 Å². The van der Waals surface area contributed by atoms with Gasteiger partial charge in [-0.1, -0.05) is 16.8 Å². The molecule has 21 heavy (non-hydrogen) atoms. The van der Waals surface area contributed by atoms with Crippen LogP contribution < -0.4 is 9.47 Å². The predicted molar refractivity (Wildman–Crippen MR) is 77.0 cm³/mol. The number of halogens is 1. The van der Waals surface area contributed by atoms with Gasteiger partial charge in [-0.2, -0.15) is 0 Å². The number of rotatable bonds is 5. The molecule has 0 amide bonds. The van der Waals surface area contributed by atoms with E-state index in [1.165, 1.54) is 0 Å². The Labute approximate surface area is 127 Å². The van der Waals surface area contributed by atoms with Gasteiger partial charge in [-0.25, -0.2) is 4.68 Å². The van der Waals surface area contributed by atoms with E-state index in [4.69, 9.17) is 26.2 Å². The summed E-state index contributed by atoms with van der Waals surface area (Å²) in [6, 6.07) is 3.65. The zero-order chi connectivity index (χ0) is 14.7. The van der Waals surface area contributed by atoms with Gasteiger partial charge in [0.15, 0.2) is 11.5 Å². The molecule has 2 heterocycles. The number of hydrogen-bond donors (Lipinski definition) is 1. The maximum Gasteiger partial charge on any atom is 0.162 e. The zero-order valence-corrected chi connectivity index (χ0v) is 12.2. The van der Waals surface area contributed by atoms with Crippen LogP contribution in [0.15, 0.2) is 18.3 Å². The summed E-state index contributed by atoms with van der Waals surface area (Å²) in [6.07, 6.45) is 3.26. The van der Waals surface area contributed by atoms with Crippen LogP contribution in [0.25, 0.3) is 0 Å². The zero-order valence-electron chi connectivity index (χ0n) is 11.5. The Morgan fingerprint density at radius 3 is 2.76 bits per heavy atom. The third-order valence-corrected chi connectivity index (χ3v) is 3.57. The Morgan fingerprint density at radius 1 is 1.24 bits per heavy atom. The van der Waals surface area contributed by atoms with Crippen molar-refractivity contribution in [3.8, 4) is 11.5 Å². The summed E-state index contributed by atoms with van der Waals surface area (Å²) >= 11 is 6.27.